The Bertz CT molecular complexity index is 1110. The van der Waals surface area contributed by atoms with Crippen LogP contribution in [0.4, 0.5) is 0 Å². The van der Waals surface area contributed by atoms with Crippen molar-refractivity contribution in [3.63, 3.8) is 0 Å². The fraction of sp³-hybridized carbons (Fsp3) is 0.158. The molecule has 0 aliphatic rings. The topological polar surface area (TPSA) is 34.9 Å². The second-order valence-corrected chi connectivity index (χ2v) is 7.89. The maximum atomic E-state index is 12.7. The standard InChI is InChI=1S/C19H15IN2OS/c1-12-11-24-18-15(20)10-22(19(23)17(12)18)9-8-14-7-6-13-4-2-3-5-16(13)21-14/h2-7,10-11H,8-9H2,1H3. The molecule has 4 rings (SSSR count). The fourth-order valence-electron chi connectivity index (χ4n) is 2.93. The van der Waals surface area contributed by atoms with Crippen molar-refractivity contribution in [2.45, 2.75) is 19.9 Å². The number of fused-ring (bicyclic) bond motifs is 2. The van der Waals surface area contributed by atoms with Gasteiger partial charge in [0.25, 0.3) is 5.56 Å². The summed E-state index contributed by atoms with van der Waals surface area (Å²) in [6, 6.07) is 12.2. The number of para-hydroxylation sites is 1. The molecule has 120 valence electrons. The second-order valence-electron chi connectivity index (χ2n) is 5.84. The van der Waals surface area contributed by atoms with Gasteiger partial charge in [0.15, 0.2) is 0 Å². The van der Waals surface area contributed by atoms with Gasteiger partial charge in [-0.05, 0) is 52.6 Å². The van der Waals surface area contributed by atoms with Gasteiger partial charge in [-0.2, -0.15) is 0 Å². The molecule has 0 unspecified atom stereocenters. The second kappa shape index (κ2) is 6.29. The summed E-state index contributed by atoms with van der Waals surface area (Å²) in [7, 11) is 0. The molecule has 0 aliphatic heterocycles. The molecule has 0 N–H and O–H groups in total. The summed E-state index contributed by atoms with van der Waals surface area (Å²) in [5, 5.41) is 4.06. The molecule has 0 fully saturated rings. The molecule has 4 aromatic rings. The Morgan fingerprint density at radius 1 is 1.21 bits per heavy atom. The van der Waals surface area contributed by atoms with Crippen LogP contribution in [-0.4, -0.2) is 9.55 Å². The lowest BCUT2D eigenvalue weighted by Crippen LogP contribution is -2.21. The molecule has 0 saturated carbocycles. The van der Waals surface area contributed by atoms with E-state index in [4.69, 9.17) is 4.98 Å². The van der Waals surface area contributed by atoms with Crippen molar-refractivity contribution in [2.75, 3.05) is 0 Å². The molecule has 3 heterocycles. The monoisotopic (exact) mass is 446 g/mol. The van der Waals surface area contributed by atoms with Gasteiger partial charge in [0.05, 0.1) is 15.6 Å². The van der Waals surface area contributed by atoms with Gasteiger partial charge in [0, 0.05) is 33.8 Å². The lowest BCUT2D eigenvalue weighted by atomic mass is 10.2. The third kappa shape index (κ3) is 2.75. The van der Waals surface area contributed by atoms with Gasteiger partial charge in [-0.25, -0.2) is 0 Å². The highest BCUT2D eigenvalue weighted by molar-refractivity contribution is 14.1. The molecule has 0 saturated heterocycles. The predicted molar refractivity (Wildman–Crippen MR) is 109 cm³/mol. The Balaban J connectivity index is 1.67. The quantitative estimate of drug-likeness (QED) is 0.425. The van der Waals surface area contributed by atoms with Gasteiger partial charge in [0.2, 0.25) is 0 Å². The van der Waals surface area contributed by atoms with Gasteiger partial charge in [-0.3, -0.25) is 9.78 Å². The largest absolute Gasteiger partial charge is 0.313 e. The first kappa shape index (κ1) is 15.8. The molecule has 0 aliphatic carbocycles. The van der Waals surface area contributed by atoms with Crippen LogP contribution in [0, 0.1) is 10.5 Å². The van der Waals surface area contributed by atoms with Crippen LogP contribution in [0.1, 0.15) is 11.3 Å². The molecule has 0 amide bonds. The third-order valence-corrected chi connectivity index (χ3v) is 6.52. The number of hydrogen-bond donors (Lipinski definition) is 0. The van der Waals surface area contributed by atoms with Crippen LogP contribution < -0.4 is 5.56 Å². The zero-order valence-corrected chi connectivity index (χ0v) is 16.1. The van der Waals surface area contributed by atoms with Gasteiger partial charge < -0.3 is 4.57 Å². The zero-order valence-electron chi connectivity index (χ0n) is 13.1. The molecular weight excluding hydrogens is 431 g/mol. The SMILES string of the molecule is Cc1csc2c(I)cn(CCc3ccc4ccccc4n3)c(=O)c12. The molecule has 5 heteroatoms. The number of hydrogen-bond acceptors (Lipinski definition) is 3. The van der Waals surface area contributed by atoms with E-state index in [2.05, 4.69) is 40.1 Å². The summed E-state index contributed by atoms with van der Waals surface area (Å²) in [5.74, 6) is 0. The molecule has 1 aromatic carbocycles. The summed E-state index contributed by atoms with van der Waals surface area (Å²) >= 11 is 3.96. The van der Waals surface area contributed by atoms with Gasteiger partial charge in [0.1, 0.15) is 0 Å². The molecule has 3 nitrogen and oxygen atoms in total. The van der Waals surface area contributed by atoms with Crippen LogP contribution in [0.25, 0.3) is 21.0 Å². The highest BCUT2D eigenvalue weighted by Gasteiger charge is 2.11. The number of benzene rings is 1. The van der Waals surface area contributed by atoms with E-state index >= 15 is 0 Å². The number of aromatic nitrogens is 2. The van der Waals surface area contributed by atoms with Crippen molar-refractivity contribution in [1.29, 1.82) is 0 Å². The highest BCUT2D eigenvalue weighted by Crippen LogP contribution is 2.26. The predicted octanol–water partition coefficient (Wildman–Crippen LogP) is 4.77. The Morgan fingerprint density at radius 2 is 2.04 bits per heavy atom. The van der Waals surface area contributed by atoms with Gasteiger partial charge >= 0.3 is 0 Å². The summed E-state index contributed by atoms with van der Waals surface area (Å²) < 4.78 is 4.05. The van der Waals surface area contributed by atoms with Crippen molar-refractivity contribution >= 4 is 54.9 Å². The van der Waals surface area contributed by atoms with Crippen LogP contribution in [0.2, 0.25) is 0 Å². The number of nitrogens with zero attached hydrogens (tertiary/aromatic N) is 2. The Hall–Kier alpha value is -1.73. The van der Waals surface area contributed by atoms with E-state index in [1.807, 2.05) is 42.0 Å². The summed E-state index contributed by atoms with van der Waals surface area (Å²) in [5.41, 5.74) is 3.18. The summed E-state index contributed by atoms with van der Waals surface area (Å²) in [6.45, 7) is 2.65. The Kier molecular flexibility index (Phi) is 4.14. The van der Waals surface area contributed by atoms with Gasteiger partial charge in [-0.1, -0.05) is 24.3 Å². The molecule has 24 heavy (non-hydrogen) atoms. The number of thiophene rings is 1. The van der Waals surface area contributed by atoms with Crippen LogP contribution in [0.5, 0.6) is 0 Å². The summed E-state index contributed by atoms with van der Waals surface area (Å²) in [6.07, 6.45) is 2.71. The zero-order chi connectivity index (χ0) is 16.7. The van der Waals surface area contributed by atoms with E-state index in [0.29, 0.717) is 6.54 Å². The third-order valence-electron chi connectivity index (χ3n) is 4.20. The highest BCUT2D eigenvalue weighted by atomic mass is 127. The molecular formula is C19H15IN2OS. The van der Waals surface area contributed by atoms with E-state index in [-0.39, 0.29) is 5.56 Å². The Labute approximate surface area is 157 Å². The lowest BCUT2D eigenvalue weighted by molar-refractivity contribution is 0.665. The van der Waals surface area contributed by atoms with Crippen molar-refractivity contribution in [3.8, 4) is 0 Å². The van der Waals surface area contributed by atoms with E-state index in [9.17, 15) is 4.79 Å². The number of pyridine rings is 2. The van der Waals surface area contributed by atoms with Crippen LogP contribution in [0.3, 0.4) is 0 Å². The first-order chi connectivity index (χ1) is 11.6. The minimum atomic E-state index is 0.102. The fourth-order valence-corrected chi connectivity index (χ4v) is 4.86. The average molecular weight is 446 g/mol. The minimum absolute atomic E-state index is 0.102. The van der Waals surface area contributed by atoms with Crippen molar-refractivity contribution in [3.05, 3.63) is 73.2 Å². The normalized spacial score (nSPS) is 11.4. The first-order valence-corrected chi connectivity index (χ1v) is 9.71. The van der Waals surface area contributed by atoms with E-state index in [1.54, 1.807) is 11.3 Å². The number of halogens is 1. The number of rotatable bonds is 3. The lowest BCUT2D eigenvalue weighted by Gasteiger charge is -2.08. The maximum Gasteiger partial charge on any atom is 0.259 e. The maximum absolute atomic E-state index is 12.7. The molecule has 0 bridgehead atoms. The van der Waals surface area contributed by atoms with Gasteiger partial charge in [-0.15, -0.1) is 11.3 Å². The van der Waals surface area contributed by atoms with Crippen molar-refractivity contribution in [2.24, 2.45) is 0 Å². The van der Waals surface area contributed by atoms with E-state index in [0.717, 1.165) is 42.2 Å². The Morgan fingerprint density at radius 3 is 2.92 bits per heavy atom. The van der Waals surface area contributed by atoms with Crippen LogP contribution >= 0.6 is 33.9 Å². The van der Waals surface area contributed by atoms with E-state index in [1.165, 1.54) is 0 Å². The average Bonchev–Trinajstić information content (AvgIpc) is 2.99. The molecule has 0 atom stereocenters. The van der Waals surface area contributed by atoms with E-state index < -0.39 is 0 Å². The first-order valence-electron chi connectivity index (χ1n) is 7.75. The summed E-state index contributed by atoms with van der Waals surface area (Å²) in [4.78, 5) is 17.4. The molecule has 0 radical (unpaired) electrons. The number of aryl methyl sites for hydroxylation is 3. The molecule has 0 spiro atoms. The minimum Gasteiger partial charge on any atom is -0.313 e. The van der Waals surface area contributed by atoms with Crippen molar-refractivity contribution in [1.82, 2.24) is 9.55 Å². The van der Waals surface area contributed by atoms with Crippen molar-refractivity contribution < 1.29 is 0 Å². The van der Waals surface area contributed by atoms with Crippen LogP contribution in [0.15, 0.2) is 52.8 Å². The van der Waals surface area contributed by atoms with Crippen LogP contribution in [-0.2, 0) is 13.0 Å². The molecule has 3 aromatic heterocycles. The smallest absolute Gasteiger partial charge is 0.259 e.